The van der Waals surface area contributed by atoms with Gasteiger partial charge in [-0.05, 0) is 25.6 Å². The lowest BCUT2D eigenvalue weighted by Gasteiger charge is -2.22. The summed E-state index contributed by atoms with van der Waals surface area (Å²) in [6.45, 7) is 6.85. The summed E-state index contributed by atoms with van der Waals surface area (Å²) in [5, 5.41) is 1.07. The van der Waals surface area contributed by atoms with Crippen molar-refractivity contribution >= 4 is 15.9 Å². The Morgan fingerprint density at radius 1 is 1.11 bits per heavy atom. The fourth-order valence-corrected chi connectivity index (χ4v) is 3.10. The van der Waals surface area contributed by atoms with Gasteiger partial charge in [-0.3, -0.25) is 4.90 Å². The number of alkyl halides is 1. The average Bonchev–Trinajstić information content (AvgIpc) is 2.66. The first kappa shape index (κ1) is 14.8. The van der Waals surface area contributed by atoms with Gasteiger partial charge in [-0.25, -0.2) is 0 Å². The number of methoxy groups -OCH3 is 1. The second-order valence-electron chi connectivity index (χ2n) is 4.97. The molecule has 0 radical (unpaired) electrons. The highest BCUT2D eigenvalue weighted by atomic mass is 79.9. The van der Waals surface area contributed by atoms with Gasteiger partial charge in [-0.2, -0.15) is 0 Å². The standard InChI is InChI=1S/C15H23BrN2O/c1-19-15-6-3-2-5-14(15)13-18-9-4-8-17(10-7-16)11-12-18/h2-3,5-6H,4,7-13H2,1H3. The Labute approximate surface area is 124 Å². The minimum absolute atomic E-state index is 0.992. The van der Waals surface area contributed by atoms with Crippen LogP contribution in [0.3, 0.4) is 0 Å². The molecule has 4 heteroatoms. The molecule has 0 aromatic heterocycles. The van der Waals surface area contributed by atoms with Crippen LogP contribution in [-0.4, -0.2) is 55.0 Å². The van der Waals surface area contributed by atoms with E-state index in [1.54, 1.807) is 7.11 Å². The zero-order valence-corrected chi connectivity index (χ0v) is 13.2. The van der Waals surface area contributed by atoms with E-state index in [0.717, 1.165) is 30.7 Å². The molecule has 2 rings (SSSR count). The number of nitrogens with zero attached hydrogens (tertiary/aromatic N) is 2. The molecule has 1 saturated heterocycles. The molecule has 1 aliphatic rings. The smallest absolute Gasteiger partial charge is 0.123 e. The fourth-order valence-electron chi connectivity index (χ4n) is 2.60. The third kappa shape index (κ3) is 4.48. The molecule has 0 amide bonds. The van der Waals surface area contributed by atoms with Gasteiger partial charge in [0.1, 0.15) is 5.75 Å². The molecule has 0 saturated carbocycles. The SMILES string of the molecule is COc1ccccc1CN1CCCN(CCBr)CC1. The predicted molar refractivity (Wildman–Crippen MR) is 83.1 cm³/mol. The quantitative estimate of drug-likeness (QED) is 0.773. The highest BCUT2D eigenvalue weighted by molar-refractivity contribution is 9.09. The average molecular weight is 327 g/mol. The Morgan fingerprint density at radius 2 is 1.84 bits per heavy atom. The van der Waals surface area contributed by atoms with Crippen molar-refractivity contribution < 1.29 is 4.74 Å². The molecule has 1 aliphatic heterocycles. The summed E-state index contributed by atoms with van der Waals surface area (Å²) >= 11 is 3.53. The summed E-state index contributed by atoms with van der Waals surface area (Å²) < 4.78 is 5.43. The Kier molecular flexibility index (Phi) is 6.14. The Bertz CT molecular complexity index is 386. The lowest BCUT2D eigenvalue weighted by molar-refractivity contribution is 0.255. The van der Waals surface area contributed by atoms with Crippen molar-refractivity contribution in [3.63, 3.8) is 0 Å². The van der Waals surface area contributed by atoms with E-state index in [0.29, 0.717) is 0 Å². The maximum Gasteiger partial charge on any atom is 0.123 e. The minimum atomic E-state index is 0.992. The second-order valence-corrected chi connectivity index (χ2v) is 5.77. The number of benzene rings is 1. The third-order valence-corrected chi connectivity index (χ3v) is 4.02. The Hall–Kier alpha value is -0.580. The molecular weight excluding hydrogens is 304 g/mol. The fraction of sp³-hybridized carbons (Fsp3) is 0.600. The summed E-state index contributed by atoms with van der Waals surface area (Å²) in [5.41, 5.74) is 1.29. The molecule has 0 spiro atoms. The van der Waals surface area contributed by atoms with Gasteiger partial charge in [0.05, 0.1) is 7.11 Å². The van der Waals surface area contributed by atoms with E-state index < -0.39 is 0 Å². The van der Waals surface area contributed by atoms with Gasteiger partial charge in [-0.1, -0.05) is 34.1 Å². The van der Waals surface area contributed by atoms with Gasteiger partial charge in [0.25, 0.3) is 0 Å². The molecule has 1 heterocycles. The van der Waals surface area contributed by atoms with Crippen molar-refractivity contribution in [2.45, 2.75) is 13.0 Å². The van der Waals surface area contributed by atoms with Crippen LogP contribution >= 0.6 is 15.9 Å². The number of ether oxygens (including phenoxy) is 1. The molecule has 0 bridgehead atoms. The molecule has 0 aliphatic carbocycles. The normalized spacial score (nSPS) is 18.2. The van der Waals surface area contributed by atoms with Gasteiger partial charge < -0.3 is 9.64 Å². The topological polar surface area (TPSA) is 15.7 Å². The first-order valence-electron chi connectivity index (χ1n) is 6.96. The summed E-state index contributed by atoms with van der Waals surface area (Å²) in [7, 11) is 1.75. The maximum absolute atomic E-state index is 5.43. The highest BCUT2D eigenvalue weighted by Gasteiger charge is 2.15. The zero-order valence-electron chi connectivity index (χ0n) is 11.6. The summed E-state index contributed by atoms with van der Waals surface area (Å²) in [6.07, 6.45) is 1.25. The maximum atomic E-state index is 5.43. The predicted octanol–water partition coefficient (Wildman–Crippen LogP) is 2.60. The van der Waals surface area contributed by atoms with Crippen LogP contribution in [0, 0.1) is 0 Å². The number of halogens is 1. The highest BCUT2D eigenvalue weighted by Crippen LogP contribution is 2.19. The van der Waals surface area contributed by atoms with Gasteiger partial charge in [0, 0.05) is 37.1 Å². The van der Waals surface area contributed by atoms with Crippen molar-refractivity contribution in [3.8, 4) is 5.75 Å². The van der Waals surface area contributed by atoms with Crippen molar-refractivity contribution in [1.82, 2.24) is 9.80 Å². The molecule has 0 atom stereocenters. The van der Waals surface area contributed by atoms with Crippen molar-refractivity contribution in [1.29, 1.82) is 0 Å². The number of rotatable bonds is 5. The zero-order chi connectivity index (χ0) is 13.5. The van der Waals surface area contributed by atoms with Crippen LogP contribution in [0.4, 0.5) is 0 Å². The molecule has 106 valence electrons. The van der Waals surface area contributed by atoms with Gasteiger partial charge in [0.15, 0.2) is 0 Å². The monoisotopic (exact) mass is 326 g/mol. The number of hydrogen-bond donors (Lipinski definition) is 0. The molecule has 1 fully saturated rings. The lowest BCUT2D eigenvalue weighted by atomic mass is 10.2. The van der Waals surface area contributed by atoms with Crippen LogP contribution in [0.5, 0.6) is 5.75 Å². The summed E-state index contributed by atoms with van der Waals surface area (Å²) in [4.78, 5) is 5.07. The molecule has 1 aromatic carbocycles. The van der Waals surface area contributed by atoms with Crippen molar-refractivity contribution in [3.05, 3.63) is 29.8 Å². The van der Waals surface area contributed by atoms with Gasteiger partial charge >= 0.3 is 0 Å². The van der Waals surface area contributed by atoms with E-state index in [1.807, 2.05) is 12.1 Å². The van der Waals surface area contributed by atoms with Crippen LogP contribution in [0.1, 0.15) is 12.0 Å². The first-order valence-corrected chi connectivity index (χ1v) is 8.08. The van der Waals surface area contributed by atoms with Crippen molar-refractivity contribution in [2.24, 2.45) is 0 Å². The molecule has 1 aromatic rings. The van der Waals surface area contributed by atoms with Crippen molar-refractivity contribution in [2.75, 3.05) is 45.2 Å². The number of hydrogen-bond acceptors (Lipinski definition) is 3. The van der Waals surface area contributed by atoms with Crippen LogP contribution in [-0.2, 0) is 6.54 Å². The second kappa shape index (κ2) is 7.88. The van der Waals surface area contributed by atoms with Crippen LogP contribution in [0.15, 0.2) is 24.3 Å². The van der Waals surface area contributed by atoms with E-state index in [-0.39, 0.29) is 0 Å². The first-order chi connectivity index (χ1) is 9.33. The number of para-hydroxylation sites is 1. The van der Waals surface area contributed by atoms with Gasteiger partial charge in [-0.15, -0.1) is 0 Å². The van der Waals surface area contributed by atoms with E-state index in [9.17, 15) is 0 Å². The third-order valence-electron chi connectivity index (χ3n) is 3.67. The Balaban J connectivity index is 1.92. The van der Waals surface area contributed by atoms with E-state index >= 15 is 0 Å². The largest absolute Gasteiger partial charge is 0.496 e. The molecule has 0 N–H and O–H groups in total. The van der Waals surface area contributed by atoms with Crippen LogP contribution < -0.4 is 4.74 Å². The molecule has 19 heavy (non-hydrogen) atoms. The minimum Gasteiger partial charge on any atom is -0.496 e. The van der Waals surface area contributed by atoms with Crippen LogP contribution in [0.2, 0.25) is 0 Å². The van der Waals surface area contributed by atoms with E-state index in [1.165, 1.54) is 31.6 Å². The van der Waals surface area contributed by atoms with Gasteiger partial charge in [0.2, 0.25) is 0 Å². The van der Waals surface area contributed by atoms with E-state index in [4.69, 9.17) is 4.74 Å². The molecular formula is C15H23BrN2O. The lowest BCUT2D eigenvalue weighted by Crippen LogP contribution is -2.31. The van der Waals surface area contributed by atoms with E-state index in [2.05, 4.69) is 37.9 Å². The summed E-state index contributed by atoms with van der Waals surface area (Å²) in [6, 6.07) is 8.33. The Morgan fingerprint density at radius 3 is 2.63 bits per heavy atom. The molecule has 0 unspecified atom stereocenters. The van der Waals surface area contributed by atoms with Crippen LogP contribution in [0.25, 0.3) is 0 Å². The molecule has 3 nitrogen and oxygen atoms in total. The summed E-state index contributed by atoms with van der Waals surface area (Å²) in [5.74, 6) is 1.00.